The van der Waals surface area contributed by atoms with E-state index in [1.165, 1.54) is 0 Å². The molecule has 1 heterocycles. The summed E-state index contributed by atoms with van der Waals surface area (Å²) >= 11 is 12.0. The summed E-state index contributed by atoms with van der Waals surface area (Å²) in [4.78, 5) is 24.7. The van der Waals surface area contributed by atoms with Gasteiger partial charge in [-0.1, -0.05) is 29.3 Å². The molecule has 0 atom stereocenters. The number of ketones is 1. The van der Waals surface area contributed by atoms with Gasteiger partial charge >= 0.3 is 0 Å². The van der Waals surface area contributed by atoms with Crippen molar-refractivity contribution in [1.82, 2.24) is 20.7 Å². The molecule has 4 N–H and O–H groups in total. The molecule has 7 nitrogen and oxygen atoms in total. The van der Waals surface area contributed by atoms with Crippen molar-refractivity contribution in [1.29, 1.82) is 0 Å². The molecule has 0 saturated heterocycles. The first kappa shape index (κ1) is 17.9. The Morgan fingerprint density at radius 1 is 1.08 bits per heavy atom. The van der Waals surface area contributed by atoms with Crippen LogP contribution in [0.2, 0.25) is 10.0 Å². The molecule has 9 heteroatoms. The van der Waals surface area contributed by atoms with Crippen molar-refractivity contribution in [3.8, 4) is 0 Å². The number of nitrogens with one attached hydrogen (secondary N) is 2. The second kappa shape index (κ2) is 7.55. The van der Waals surface area contributed by atoms with Crippen LogP contribution in [0.25, 0.3) is 0 Å². The third kappa shape index (κ3) is 3.84. The van der Waals surface area contributed by atoms with Crippen LogP contribution in [0, 0.1) is 0 Å². The first-order chi connectivity index (χ1) is 12.5. The minimum absolute atomic E-state index is 0.0106. The third-order valence-corrected chi connectivity index (χ3v) is 4.21. The summed E-state index contributed by atoms with van der Waals surface area (Å²) in [5.41, 5.74) is 7.04. The predicted molar refractivity (Wildman–Crippen MR) is 98.3 cm³/mol. The van der Waals surface area contributed by atoms with Crippen molar-refractivity contribution >= 4 is 40.7 Å². The summed E-state index contributed by atoms with van der Waals surface area (Å²) in [6, 6.07) is 11.5. The zero-order chi connectivity index (χ0) is 18.7. The van der Waals surface area contributed by atoms with Gasteiger partial charge in [0, 0.05) is 22.7 Å². The number of nitrogens with two attached hydrogens (primary N) is 1. The highest BCUT2D eigenvalue weighted by Gasteiger charge is 2.16. The molecule has 0 aliphatic heterocycles. The van der Waals surface area contributed by atoms with Crippen LogP contribution in [-0.4, -0.2) is 27.1 Å². The van der Waals surface area contributed by atoms with E-state index >= 15 is 0 Å². The number of aromatic amines is 1. The van der Waals surface area contributed by atoms with Crippen LogP contribution in [0.15, 0.2) is 42.5 Å². The number of hydrogen-bond donors (Lipinski definition) is 3. The summed E-state index contributed by atoms with van der Waals surface area (Å²) in [5, 5.41) is 13.1. The lowest BCUT2D eigenvalue weighted by Crippen LogP contribution is -2.24. The number of nitrogens with zero attached hydrogens (tertiary/aromatic N) is 2. The smallest absolute Gasteiger partial charge is 0.275 e. The van der Waals surface area contributed by atoms with Crippen LogP contribution < -0.4 is 11.1 Å². The van der Waals surface area contributed by atoms with Crippen molar-refractivity contribution in [3.63, 3.8) is 0 Å². The number of carbonyl (C=O) groups is 2. The van der Waals surface area contributed by atoms with Gasteiger partial charge in [-0.2, -0.15) is 5.21 Å². The van der Waals surface area contributed by atoms with E-state index in [1.807, 2.05) is 0 Å². The van der Waals surface area contributed by atoms with Gasteiger partial charge in [-0.25, -0.2) is 0 Å². The molecule has 3 rings (SSSR count). The first-order valence-corrected chi connectivity index (χ1v) is 8.24. The number of aromatic nitrogens is 3. The van der Waals surface area contributed by atoms with Gasteiger partial charge in [-0.15, -0.1) is 10.2 Å². The SMILES string of the molecule is Nc1n[nH]nc1C(=O)NCc1ccc(Cl)c(C(=O)c2ccc(Cl)cc2)c1. The van der Waals surface area contributed by atoms with Crippen molar-refractivity contribution in [3.05, 3.63) is 74.9 Å². The molecule has 1 aromatic heterocycles. The van der Waals surface area contributed by atoms with E-state index in [0.717, 1.165) is 0 Å². The lowest BCUT2D eigenvalue weighted by molar-refractivity contribution is 0.0946. The first-order valence-electron chi connectivity index (χ1n) is 7.49. The normalized spacial score (nSPS) is 10.5. The van der Waals surface area contributed by atoms with E-state index in [9.17, 15) is 9.59 Å². The standard InChI is InChI=1S/C17H13Cl2N5O2/c18-11-4-2-10(3-5-11)15(25)12-7-9(1-6-13(12)19)8-21-17(26)14-16(20)23-24-22-14/h1-7H,8H2,(H,21,26)(H3,20,22,23,24). The van der Waals surface area contributed by atoms with Crippen LogP contribution in [0.5, 0.6) is 0 Å². The average molecular weight is 390 g/mol. The van der Waals surface area contributed by atoms with E-state index in [0.29, 0.717) is 26.7 Å². The maximum Gasteiger partial charge on any atom is 0.275 e. The van der Waals surface area contributed by atoms with Crippen LogP contribution in [0.1, 0.15) is 32.0 Å². The Hall–Kier alpha value is -2.90. The van der Waals surface area contributed by atoms with E-state index < -0.39 is 5.91 Å². The number of H-pyrrole nitrogens is 1. The zero-order valence-corrected chi connectivity index (χ0v) is 14.8. The summed E-state index contributed by atoms with van der Waals surface area (Å²) < 4.78 is 0. The van der Waals surface area contributed by atoms with E-state index in [2.05, 4.69) is 20.7 Å². The lowest BCUT2D eigenvalue weighted by atomic mass is 10.0. The summed E-state index contributed by atoms with van der Waals surface area (Å²) in [7, 11) is 0. The number of halogens is 2. The van der Waals surface area contributed by atoms with Gasteiger partial charge in [0.25, 0.3) is 5.91 Å². The molecule has 0 fully saturated rings. The fourth-order valence-corrected chi connectivity index (χ4v) is 2.61. The Bertz CT molecular complexity index is 970. The number of rotatable bonds is 5. The van der Waals surface area contributed by atoms with Gasteiger partial charge in [0.05, 0.1) is 5.02 Å². The van der Waals surface area contributed by atoms with Gasteiger partial charge in [0.2, 0.25) is 0 Å². The summed E-state index contributed by atoms with van der Waals surface area (Å²) in [6.45, 7) is 0.170. The maximum atomic E-state index is 12.6. The van der Waals surface area contributed by atoms with E-state index in [4.69, 9.17) is 28.9 Å². The van der Waals surface area contributed by atoms with Gasteiger partial charge < -0.3 is 11.1 Å². The molecule has 0 bridgehead atoms. The fourth-order valence-electron chi connectivity index (χ4n) is 2.29. The highest BCUT2D eigenvalue weighted by molar-refractivity contribution is 6.35. The number of nitrogen functional groups attached to an aromatic ring is 1. The fraction of sp³-hybridized carbons (Fsp3) is 0.0588. The van der Waals surface area contributed by atoms with Crippen LogP contribution in [-0.2, 0) is 6.54 Å². The predicted octanol–water partition coefficient (Wildman–Crippen LogP) is 2.85. The second-order valence-corrected chi connectivity index (χ2v) is 6.23. The zero-order valence-electron chi connectivity index (χ0n) is 13.3. The van der Waals surface area contributed by atoms with E-state index in [-0.39, 0.29) is 23.8 Å². The van der Waals surface area contributed by atoms with E-state index in [1.54, 1.807) is 42.5 Å². The number of benzene rings is 2. The Morgan fingerprint density at radius 3 is 2.46 bits per heavy atom. The highest BCUT2D eigenvalue weighted by atomic mass is 35.5. The molecule has 0 radical (unpaired) electrons. The van der Waals surface area contributed by atoms with Crippen LogP contribution in [0.4, 0.5) is 5.82 Å². The molecule has 0 spiro atoms. The quantitative estimate of drug-likeness (QED) is 0.580. The van der Waals surface area contributed by atoms with Crippen LogP contribution in [0.3, 0.4) is 0 Å². The molecule has 0 saturated carbocycles. The molecule has 3 aromatic rings. The Kier molecular flexibility index (Phi) is 5.20. The molecular weight excluding hydrogens is 377 g/mol. The van der Waals surface area contributed by atoms with Crippen molar-refractivity contribution in [2.45, 2.75) is 6.54 Å². The Balaban J connectivity index is 1.77. The van der Waals surface area contributed by atoms with Gasteiger partial charge in [0.15, 0.2) is 17.3 Å². The highest BCUT2D eigenvalue weighted by Crippen LogP contribution is 2.22. The molecule has 0 aliphatic carbocycles. The minimum Gasteiger partial charge on any atom is -0.380 e. The number of amides is 1. The average Bonchev–Trinajstić information content (AvgIpc) is 3.07. The molecule has 0 aliphatic rings. The lowest BCUT2D eigenvalue weighted by Gasteiger charge is -2.08. The molecule has 1 amide bonds. The largest absolute Gasteiger partial charge is 0.380 e. The van der Waals surface area contributed by atoms with Gasteiger partial charge in [-0.3, -0.25) is 9.59 Å². The Morgan fingerprint density at radius 2 is 1.81 bits per heavy atom. The Labute approximate surface area is 158 Å². The molecule has 2 aromatic carbocycles. The molecular formula is C17H13Cl2N5O2. The molecule has 26 heavy (non-hydrogen) atoms. The number of anilines is 1. The third-order valence-electron chi connectivity index (χ3n) is 3.62. The number of hydrogen-bond acceptors (Lipinski definition) is 5. The molecule has 132 valence electrons. The summed E-state index contributed by atoms with van der Waals surface area (Å²) in [6.07, 6.45) is 0. The summed E-state index contributed by atoms with van der Waals surface area (Å²) in [5.74, 6) is -0.699. The topological polar surface area (TPSA) is 114 Å². The monoisotopic (exact) mass is 389 g/mol. The van der Waals surface area contributed by atoms with Crippen molar-refractivity contribution < 1.29 is 9.59 Å². The van der Waals surface area contributed by atoms with Crippen LogP contribution >= 0.6 is 23.2 Å². The van der Waals surface area contributed by atoms with Gasteiger partial charge in [0.1, 0.15) is 0 Å². The number of carbonyl (C=O) groups excluding carboxylic acids is 2. The van der Waals surface area contributed by atoms with Crippen molar-refractivity contribution in [2.24, 2.45) is 0 Å². The second-order valence-electron chi connectivity index (χ2n) is 5.39. The minimum atomic E-state index is -0.475. The van der Waals surface area contributed by atoms with Crippen molar-refractivity contribution in [2.75, 3.05) is 5.73 Å². The molecule has 0 unspecified atom stereocenters. The van der Waals surface area contributed by atoms with Gasteiger partial charge in [-0.05, 0) is 42.0 Å². The maximum absolute atomic E-state index is 12.6.